The van der Waals surface area contributed by atoms with Crippen LogP contribution in [0.15, 0.2) is 46.1 Å². The number of rotatable bonds is 7. The summed E-state index contributed by atoms with van der Waals surface area (Å²) in [5.41, 5.74) is 2.58. The van der Waals surface area contributed by atoms with Gasteiger partial charge in [0.2, 0.25) is 11.6 Å². The van der Waals surface area contributed by atoms with E-state index in [1.54, 1.807) is 19.1 Å². The molecule has 0 unspecified atom stereocenters. The van der Waals surface area contributed by atoms with Crippen LogP contribution in [0.1, 0.15) is 11.3 Å². The maximum Gasteiger partial charge on any atom is 0.354 e. The van der Waals surface area contributed by atoms with Crippen LogP contribution in [0.5, 0.6) is 0 Å². The molecular formula is C15H15N7O5S. The maximum absolute atomic E-state index is 12.4. The lowest BCUT2D eigenvalue weighted by molar-refractivity contribution is -0.383. The van der Waals surface area contributed by atoms with Crippen molar-refractivity contribution in [2.75, 3.05) is 10.7 Å². The number of hydrogen-bond donors (Lipinski definition) is 3. The van der Waals surface area contributed by atoms with E-state index in [-0.39, 0.29) is 22.3 Å². The molecule has 1 aromatic carbocycles. The fourth-order valence-corrected chi connectivity index (χ4v) is 3.02. The lowest BCUT2D eigenvalue weighted by Crippen LogP contribution is -2.30. The van der Waals surface area contributed by atoms with E-state index in [9.17, 15) is 18.5 Å². The molecule has 0 aliphatic carbocycles. The molecular weight excluding hydrogens is 390 g/mol. The summed E-state index contributed by atoms with van der Waals surface area (Å²) in [7, 11) is -3.98. The third kappa shape index (κ3) is 4.21. The summed E-state index contributed by atoms with van der Waals surface area (Å²) in [5, 5.41) is 17.8. The number of aromatic nitrogens is 3. The summed E-state index contributed by atoms with van der Waals surface area (Å²) in [4.78, 5) is 20.4. The molecule has 12 nitrogen and oxygen atoms in total. The number of hydrogen-bond acceptors (Lipinski definition) is 10. The largest absolute Gasteiger partial charge is 0.360 e. The molecule has 2 heterocycles. The zero-order valence-electron chi connectivity index (χ0n) is 14.7. The van der Waals surface area contributed by atoms with E-state index in [0.717, 1.165) is 11.9 Å². The van der Waals surface area contributed by atoms with Crippen LogP contribution in [0.25, 0.3) is 0 Å². The molecule has 3 rings (SSSR count). The van der Waals surface area contributed by atoms with E-state index < -0.39 is 20.6 Å². The van der Waals surface area contributed by atoms with Crippen molar-refractivity contribution in [1.82, 2.24) is 20.0 Å². The van der Waals surface area contributed by atoms with Gasteiger partial charge in [-0.1, -0.05) is 22.9 Å². The minimum absolute atomic E-state index is 0.0151. The molecule has 3 aromatic rings. The minimum Gasteiger partial charge on any atom is -0.360 e. The highest BCUT2D eigenvalue weighted by molar-refractivity contribution is 7.89. The zero-order valence-corrected chi connectivity index (χ0v) is 15.5. The van der Waals surface area contributed by atoms with Gasteiger partial charge in [-0.2, -0.15) is 0 Å². The highest BCUT2D eigenvalue weighted by atomic mass is 32.2. The Morgan fingerprint density at radius 2 is 1.79 bits per heavy atom. The first-order valence-electron chi connectivity index (χ1n) is 7.80. The van der Waals surface area contributed by atoms with Crippen LogP contribution in [-0.4, -0.2) is 28.5 Å². The van der Waals surface area contributed by atoms with Crippen molar-refractivity contribution in [3.8, 4) is 0 Å². The summed E-state index contributed by atoms with van der Waals surface area (Å²) in [5.74, 6) is 0.151. The van der Waals surface area contributed by atoms with Crippen molar-refractivity contribution in [2.24, 2.45) is 0 Å². The van der Waals surface area contributed by atoms with Crippen molar-refractivity contribution < 1.29 is 17.9 Å². The fourth-order valence-electron chi connectivity index (χ4n) is 2.17. The number of sulfonamides is 1. The average molecular weight is 405 g/mol. The third-order valence-corrected chi connectivity index (χ3v) is 4.78. The van der Waals surface area contributed by atoms with Crippen LogP contribution >= 0.6 is 0 Å². The lowest BCUT2D eigenvalue weighted by Gasteiger charge is -2.10. The van der Waals surface area contributed by atoms with Crippen LogP contribution in [0.2, 0.25) is 0 Å². The Bertz CT molecular complexity index is 1110. The average Bonchev–Trinajstić information content (AvgIpc) is 3.05. The first-order chi connectivity index (χ1) is 13.3. The number of nitrogens with one attached hydrogen (secondary N) is 3. The van der Waals surface area contributed by atoms with Crippen molar-refractivity contribution in [1.29, 1.82) is 0 Å². The Morgan fingerprint density at radius 3 is 2.39 bits per heavy atom. The van der Waals surface area contributed by atoms with Gasteiger partial charge in [0.25, 0.3) is 10.0 Å². The Hall–Kier alpha value is -3.58. The molecule has 13 heteroatoms. The predicted molar refractivity (Wildman–Crippen MR) is 98.3 cm³/mol. The van der Waals surface area contributed by atoms with Gasteiger partial charge in [0, 0.05) is 6.07 Å². The molecule has 0 bridgehead atoms. The monoisotopic (exact) mass is 405 g/mol. The number of hydrazine groups is 1. The van der Waals surface area contributed by atoms with Crippen LogP contribution < -0.4 is 15.6 Å². The molecule has 146 valence electrons. The van der Waals surface area contributed by atoms with E-state index in [2.05, 4.69) is 30.7 Å². The van der Waals surface area contributed by atoms with Gasteiger partial charge >= 0.3 is 5.69 Å². The van der Waals surface area contributed by atoms with Gasteiger partial charge in [-0.25, -0.2) is 18.4 Å². The van der Waals surface area contributed by atoms with E-state index in [0.29, 0.717) is 5.76 Å². The van der Waals surface area contributed by atoms with E-state index in [4.69, 9.17) is 4.52 Å². The van der Waals surface area contributed by atoms with Gasteiger partial charge in [-0.15, -0.1) is 4.83 Å². The van der Waals surface area contributed by atoms with E-state index in [1.165, 1.54) is 18.2 Å². The van der Waals surface area contributed by atoms with Crippen molar-refractivity contribution in [3.05, 3.63) is 58.1 Å². The van der Waals surface area contributed by atoms with Gasteiger partial charge in [0.1, 0.15) is 12.1 Å². The van der Waals surface area contributed by atoms with Crippen LogP contribution in [-0.2, 0) is 10.0 Å². The Balaban J connectivity index is 1.86. The van der Waals surface area contributed by atoms with Crippen LogP contribution in [0, 0.1) is 24.0 Å². The molecule has 0 radical (unpaired) electrons. The van der Waals surface area contributed by atoms with Crippen LogP contribution in [0.3, 0.4) is 0 Å². The molecule has 0 amide bonds. The summed E-state index contributed by atoms with van der Waals surface area (Å²) in [6, 6.07) is 7.59. The summed E-state index contributed by atoms with van der Waals surface area (Å²) >= 11 is 0. The minimum atomic E-state index is -3.98. The topological polar surface area (TPSA) is 165 Å². The zero-order chi connectivity index (χ0) is 20.3. The predicted octanol–water partition coefficient (Wildman–Crippen LogP) is 2.04. The lowest BCUT2D eigenvalue weighted by atomic mass is 10.2. The first-order valence-corrected chi connectivity index (χ1v) is 9.29. The second-order valence-corrected chi connectivity index (χ2v) is 7.35. The standard InChI is InChI=1S/C15H15N7O5S/c1-9-3-5-11(6-4-9)28(25,26)21-19-15-13(22(23)24)14(16-8-17-15)18-12-7-10(2)27-20-12/h3-8,21H,1-2H3,(H2,16,17,18,19,20). The smallest absolute Gasteiger partial charge is 0.354 e. The highest BCUT2D eigenvalue weighted by Crippen LogP contribution is 2.30. The van der Waals surface area contributed by atoms with Gasteiger partial charge in [-0.3, -0.25) is 15.5 Å². The van der Waals surface area contributed by atoms with Crippen LogP contribution in [0.4, 0.5) is 23.1 Å². The van der Waals surface area contributed by atoms with Crippen molar-refractivity contribution >= 4 is 33.2 Å². The SMILES string of the molecule is Cc1ccc(S(=O)(=O)NNc2ncnc(Nc3cc(C)on3)c2[N+](=O)[O-])cc1. The maximum atomic E-state index is 12.4. The third-order valence-electron chi connectivity index (χ3n) is 3.51. The summed E-state index contributed by atoms with van der Waals surface area (Å²) in [6.45, 7) is 3.47. The van der Waals surface area contributed by atoms with Gasteiger partial charge in [0.15, 0.2) is 5.82 Å². The quantitative estimate of drug-likeness (QED) is 0.391. The second kappa shape index (κ2) is 7.58. The Morgan fingerprint density at radius 1 is 1.11 bits per heavy atom. The van der Waals surface area contributed by atoms with Gasteiger partial charge in [-0.05, 0) is 26.0 Å². The van der Waals surface area contributed by atoms with E-state index in [1.807, 2.05) is 6.92 Å². The number of aryl methyl sites for hydroxylation is 2. The molecule has 0 saturated carbocycles. The highest BCUT2D eigenvalue weighted by Gasteiger charge is 2.25. The first kappa shape index (κ1) is 19.2. The number of nitro groups is 1. The molecule has 0 saturated heterocycles. The molecule has 0 atom stereocenters. The van der Waals surface area contributed by atoms with Crippen molar-refractivity contribution in [2.45, 2.75) is 18.7 Å². The van der Waals surface area contributed by atoms with E-state index >= 15 is 0 Å². The summed E-state index contributed by atoms with van der Waals surface area (Å²) < 4.78 is 29.6. The number of nitrogens with zero attached hydrogens (tertiary/aromatic N) is 4. The summed E-state index contributed by atoms with van der Waals surface area (Å²) in [6.07, 6.45) is 1.03. The Kier molecular flexibility index (Phi) is 5.19. The van der Waals surface area contributed by atoms with Gasteiger partial charge < -0.3 is 9.84 Å². The molecule has 2 aromatic heterocycles. The molecule has 28 heavy (non-hydrogen) atoms. The number of anilines is 3. The normalized spacial score (nSPS) is 11.2. The fraction of sp³-hybridized carbons (Fsp3) is 0.133. The molecule has 0 aliphatic rings. The van der Waals surface area contributed by atoms with Crippen molar-refractivity contribution in [3.63, 3.8) is 0 Å². The molecule has 3 N–H and O–H groups in total. The Labute approximate surface area is 159 Å². The number of benzene rings is 1. The second-order valence-electron chi connectivity index (χ2n) is 5.67. The molecule has 0 aliphatic heterocycles. The van der Waals surface area contributed by atoms with Gasteiger partial charge in [0.05, 0.1) is 9.82 Å². The molecule has 0 fully saturated rings. The molecule has 0 spiro atoms.